The van der Waals surface area contributed by atoms with Crippen LogP contribution in [0.15, 0.2) is 36.4 Å². The number of carbonyl (C=O) groups is 2. The molecule has 0 aliphatic carbocycles. The second-order valence-corrected chi connectivity index (χ2v) is 5.46. The highest BCUT2D eigenvalue weighted by Crippen LogP contribution is 2.25. The molecule has 2 aromatic carbocycles. The molecular weight excluding hydrogens is 330 g/mol. The van der Waals surface area contributed by atoms with Gasteiger partial charge in [-0.15, -0.1) is 0 Å². The summed E-state index contributed by atoms with van der Waals surface area (Å²) in [6, 6.07) is 9.70. The third-order valence-electron chi connectivity index (χ3n) is 3.37. The third kappa shape index (κ3) is 4.06. The van der Waals surface area contributed by atoms with E-state index in [4.69, 9.17) is 16.3 Å². The number of benzene rings is 2. The van der Waals surface area contributed by atoms with Crippen LogP contribution in [0.2, 0.25) is 5.02 Å². The molecule has 126 valence electrons. The minimum absolute atomic E-state index is 0.306. The molecule has 2 rings (SSSR count). The van der Waals surface area contributed by atoms with Crippen LogP contribution >= 0.6 is 11.6 Å². The van der Waals surface area contributed by atoms with Crippen molar-refractivity contribution in [2.24, 2.45) is 0 Å². The smallest absolute Gasteiger partial charge is 0.337 e. The maximum atomic E-state index is 12.4. The minimum atomic E-state index is -0.501. The second kappa shape index (κ2) is 7.84. The number of anilines is 1. The summed E-state index contributed by atoms with van der Waals surface area (Å²) in [7, 11) is 1.29. The van der Waals surface area contributed by atoms with E-state index in [1.54, 1.807) is 18.2 Å². The Balaban J connectivity index is 2.23. The molecular formula is C18H18ClNO4. The summed E-state index contributed by atoms with van der Waals surface area (Å²) in [5, 5.41) is 3.04. The lowest BCUT2D eigenvalue weighted by Crippen LogP contribution is -2.13. The Hall–Kier alpha value is -2.53. The predicted octanol–water partition coefficient (Wildman–Crippen LogP) is 4.09. The molecule has 0 spiro atoms. The SMILES string of the molecule is CCOc1ccc(C(=O)Nc2cc(C(=O)OC)ccc2Cl)cc1C. The van der Waals surface area contributed by atoms with E-state index in [-0.39, 0.29) is 5.91 Å². The Morgan fingerprint density at radius 3 is 2.46 bits per heavy atom. The Bertz CT molecular complexity index is 774. The van der Waals surface area contributed by atoms with Gasteiger partial charge in [-0.25, -0.2) is 4.79 Å². The summed E-state index contributed by atoms with van der Waals surface area (Å²) in [5.41, 5.74) is 1.98. The molecule has 0 aromatic heterocycles. The van der Waals surface area contributed by atoms with E-state index < -0.39 is 5.97 Å². The first-order valence-electron chi connectivity index (χ1n) is 7.39. The molecule has 1 N–H and O–H groups in total. The van der Waals surface area contributed by atoms with Crippen LogP contribution < -0.4 is 10.1 Å². The van der Waals surface area contributed by atoms with Crippen LogP contribution in [0, 0.1) is 6.92 Å². The molecule has 2 aromatic rings. The van der Waals surface area contributed by atoms with Crippen molar-refractivity contribution in [1.29, 1.82) is 0 Å². The van der Waals surface area contributed by atoms with Gasteiger partial charge in [-0.1, -0.05) is 11.6 Å². The van der Waals surface area contributed by atoms with Crippen molar-refractivity contribution in [2.75, 3.05) is 19.0 Å². The van der Waals surface area contributed by atoms with Crippen molar-refractivity contribution in [3.63, 3.8) is 0 Å². The molecule has 1 amide bonds. The van der Waals surface area contributed by atoms with Gasteiger partial charge in [0, 0.05) is 5.56 Å². The lowest BCUT2D eigenvalue weighted by atomic mass is 10.1. The standard InChI is InChI=1S/C18H18ClNO4/c1-4-24-16-8-6-12(9-11(16)2)17(21)20-15-10-13(18(22)23-3)5-7-14(15)19/h5-10H,4H2,1-3H3,(H,20,21). The number of aryl methyl sites for hydroxylation is 1. The molecule has 0 heterocycles. The minimum Gasteiger partial charge on any atom is -0.494 e. The molecule has 0 aliphatic rings. The average molecular weight is 348 g/mol. The van der Waals surface area contributed by atoms with Crippen LogP contribution in [0.4, 0.5) is 5.69 Å². The maximum Gasteiger partial charge on any atom is 0.337 e. The maximum absolute atomic E-state index is 12.4. The highest BCUT2D eigenvalue weighted by atomic mass is 35.5. The van der Waals surface area contributed by atoms with E-state index in [1.165, 1.54) is 25.3 Å². The summed E-state index contributed by atoms with van der Waals surface area (Å²) < 4.78 is 10.1. The molecule has 24 heavy (non-hydrogen) atoms. The molecule has 0 saturated carbocycles. The number of methoxy groups -OCH3 is 1. The normalized spacial score (nSPS) is 10.2. The molecule has 0 unspecified atom stereocenters. The van der Waals surface area contributed by atoms with Crippen LogP contribution in [0.25, 0.3) is 0 Å². The number of hydrogen-bond acceptors (Lipinski definition) is 4. The number of ether oxygens (including phenoxy) is 2. The van der Waals surface area contributed by atoms with Gasteiger partial charge in [-0.3, -0.25) is 4.79 Å². The van der Waals surface area contributed by atoms with Crippen molar-refractivity contribution >= 4 is 29.2 Å². The summed E-state index contributed by atoms with van der Waals surface area (Å²) in [6.07, 6.45) is 0. The zero-order valence-electron chi connectivity index (χ0n) is 13.7. The van der Waals surface area contributed by atoms with Crippen LogP contribution in [0.5, 0.6) is 5.75 Å². The number of hydrogen-bond donors (Lipinski definition) is 1. The average Bonchev–Trinajstić information content (AvgIpc) is 2.58. The predicted molar refractivity (Wildman–Crippen MR) is 93.1 cm³/mol. The van der Waals surface area contributed by atoms with Crippen LogP contribution in [-0.4, -0.2) is 25.6 Å². The number of amides is 1. The second-order valence-electron chi connectivity index (χ2n) is 5.05. The van der Waals surface area contributed by atoms with Gasteiger partial charge in [0.15, 0.2) is 0 Å². The van der Waals surface area contributed by atoms with Crippen molar-refractivity contribution in [3.8, 4) is 5.75 Å². The fourth-order valence-electron chi connectivity index (χ4n) is 2.17. The molecule has 0 aliphatic heterocycles. The lowest BCUT2D eigenvalue weighted by molar-refractivity contribution is 0.0600. The van der Waals surface area contributed by atoms with Crippen molar-refractivity contribution in [2.45, 2.75) is 13.8 Å². The largest absolute Gasteiger partial charge is 0.494 e. The molecule has 5 nitrogen and oxygen atoms in total. The van der Waals surface area contributed by atoms with E-state index in [0.717, 1.165) is 11.3 Å². The summed E-state index contributed by atoms with van der Waals surface area (Å²) in [6.45, 7) is 4.32. The van der Waals surface area contributed by atoms with Gasteiger partial charge < -0.3 is 14.8 Å². The quantitative estimate of drug-likeness (QED) is 0.827. The fourth-order valence-corrected chi connectivity index (χ4v) is 2.33. The number of halogens is 1. The molecule has 0 saturated heterocycles. The van der Waals surface area contributed by atoms with Gasteiger partial charge in [0.2, 0.25) is 0 Å². The van der Waals surface area contributed by atoms with Gasteiger partial charge in [-0.2, -0.15) is 0 Å². The zero-order valence-corrected chi connectivity index (χ0v) is 14.4. The third-order valence-corrected chi connectivity index (χ3v) is 3.70. The highest BCUT2D eigenvalue weighted by molar-refractivity contribution is 6.34. The zero-order chi connectivity index (χ0) is 17.7. The van der Waals surface area contributed by atoms with Crippen molar-refractivity contribution < 1.29 is 19.1 Å². The first-order valence-corrected chi connectivity index (χ1v) is 7.76. The van der Waals surface area contributed by atoms with E-state index in [1.807, 2.05) is 13.8 Å². The van der Waals surface area contributed by atoms with Gasteiger partial charge in [0.1, 0.15) is 5.75 Å². The van der Waals surface area contributed by atoms with Crippen molar-refractivity contribution in [1.82, 2.24) is 0 Å². The van der Waals surface area contributed by atoms with Crippen molar-refractivity contribution in [3.05, 3.63) is 58.1 Å². The first-order chi connectivity index (χ1) is 11.5. The van der Waals surface area contributed by atoms with E-state index in [9.17, 15) is 9.59 Å². The summed E-state index contributed by atoms with van der Waals surface area (Å²) >= 11 is 6.09. The van der Waals surface area contributed by atoms with Crippen LogP contribution in [-0.2, 0) is 4.74 Å². The summed E-state index contributed by atoms with van der Waals surface area (Å²) in [5.74, 6) is -0.0936. The van der Waals surface area contributed by atoms with Gasteiger partial charge in [0.25, 0.3) is 5.91 Å². The molecule has 0 fully saturated rings. The Morgan fingerprint density at radius 1 is 1.12 bits per heavy atom. The van der Waals surface area contributed by atoms with Gasteiger partial charge in [-0.05, 0) is 55.8 Å². The van der Waals surface area contributed by atoms with E-state index in [0.29, 0.717) is 28.4 Å². The van der Waals surface area contributed by atoms with E-state index >= 15 is 0 Å². The fraction of sp³-hybridized carbons (Fsp3) is 0.222. The first kappa shape index (κ1) is 17.8. The Kier molecular flexibility index (Phi) is 5.82. The number of rotatable bonds is 5. The lowest BCUT2D eigenvalue weighted by Gasteiger charge is -2.11. The number of carbonyl (C=O) groups excluding carboxylic acids is 2. The monoisotopic (exact) mass is 347 g/mol. The van der Waals surface area contributed by atoms with Crippen LogP contribution in [0.1, 0.15) is 33.2 Å². The number of esters is 1. The molecule has 0 radical (unpaired) electrons. The van der Waals surface area contributed by atoms with Gasteiger partial charge >= 0.3 is 5.97 Å². The molecule has 0 atom stereocenters. The van der Waals surface area contributed by atoms with Gasteiger partial charge in [0.05, 0.1) is 30.0 Å². The highest BCUT2D eigenvalue weighted by Gasteiger charge is 2.13. The molecule has 6 heteroatoms. The van der Waals surface area contributed by atoms with Crippen LogP contribution in [0.3, 0.4) is 0 Å². The van der Waals surface area contributed by atoms with E-state index in [2.05, 4.69) is 10.1 Å². The Morgan fingerprint density at radius 2 is 1.83 bits per heavy atom. The topological polar surface area (TPSA) is 64.6 Å². The summed E-state index contributed by atoms with van der Waals surface area (Å²) in [4.78, 5) is 24.0. The Labute approximate surface area is 145 Å². The number of nitrogens with one attached hydrogen (secondary N) is 1. The molecule has 0 bridgehead atoms.